The normalized spacial score (nSPS) is 12.9. The number of nitrogens with two attached hydrogens (primary N) is 1. The Bertz CT molecular complexity index is 95.1. The van der Waals surface area contributed by atoms with Crippen LogP contribution < -0.4 is 5.73 Å². The monoisotopic (exact) mass is 131 g/mol. The van der Waals surface area contributed by atoms with E-state index in [9.17, 15) is 4.39 Å². The lowest BCUT2D eigenvalue weighted by atomic mass is 10.2. The van der Waals surface area contributed by atoms with Crippen LogP contribution >= 0.6 is 0 Å². The van der Waals surface area contributed by atoms with Crippen molar-refractivity contribution in [2.24, 2.45) is 5.73 Å². The zero-order chi connectivity index (χ0) is 7.28. The van der Waals surface area contributed by atoms with Crippen molar-refractivity contribution in [3.63, 3.8) is 0 Å². The molecule has 0 bridgehead atoms. The highest BCUT2D eigenvalue weighted by molar-refractivity contribution is 4.97. The van der Waals surface area contributed by atoms with Crippen molar-refractivity contribution in [1.29, 1.82) is 0 Å². The first-order valence-corrected chi connectivity index (χ1v) is 3.16. The van der Waals surface area contributed by atoms with Crippen LogP contribution in [0.1, 0.15) is 20.3 Å². The largest absolute Gasteiger partial charge is 0.330 e. The second-order valence-electron chi connectivity index (χ2n) is 2.34. The average Bonchev–Trinajstić information content (AvgIpc) is 1.63. The van der Waals surface area contributed by atoms with Gasteiger partial charge in [0.05, 0.1) is 0 Å². The van der Waals surface area contributed by atoms with Gasteiger partial charge >= 0.3 is 0 Å². The molecule has 1 unspecified atom stereocenters. The molecule has 54 valence electrons. The van der Waals surface area contributed by atoms with Crippen LogP contribution in [0.5, 0.6) is 0 Å². The Kier molecular flexibility index (Phi) is 4.32. The molecule has 0 aromatic carbocycles. The quantitative estimate of drug-likeness (QED) is 0.579. The fourth-order valence-corrected chi connectivity index (χ4v) is 0.604. The molecule has 1 nitrogen and oxygen atoms in total. The first-order chi connectivity index (χ1) is 4.16. The van der Waals surface area contributed by atoms with Gasteiger partial charge in [0, 0.05) is 0 Å². The molecule has 0 radical (unpaired) electrons. The molecule has 0 aliphatic rings. The van der Waals surface area contributed by atoms with E-state index in [1.54, 1.807) is 6.08 Å². The van der Waals surface area contributed by atoms with Gasteiger partial charge < -0.3 is 5.73 Å². The van der Waals surface area contributed by atoms with E-state index < -0.39 is 6.17 Å². The van der Waals surface area contributed by atoms with Crippen LogP contribution in [0.2, 0.25) is 0 Å². The average molecular weight is 131 g/mol. The molecule has 0 amide bonds. The first-order valence-electron chi connectivity index (χ1n) is 3.16. The molecule has 0 fully saturated rings. The third kappa shape index (κ3) is 5.50. The molecular formula is C7H14FN. The Morgan fingerprint density at radius 3 is 2.56 bits per heavy atom. The predicted octanol–water partition coefficient (Wildman–Crippen LogP) is 1.64. The summed E-state index contributed by atoms with van der Waals surface area (Å²) in [6, 6.07) is 0. The van der Waals surface area contributed by atoms with Crippen LogP contribution in [-0.2, 0) is 0 Å². The third-order valence-corrected chi connectivity index (χ3v) is 0.957. The molecule has 2 heteroatoms. The molecule has 9 heavy (non-hydrogen) atoms. The zero-order valence-electron chi connectivity index (χ0n) is 6.02. The third-order valence-electron chi connectivity index (χ3n) is 0.957. The molecule has 0 aliphatic carbocycles. The number of allylic oxidation sites excluding steroid dienone is 2. The predicted molar refractivity (Wildman–Crippen MR) is 38.0 cm³/mol. The lowest BCUT2D eigenvalue weighted by molar-refractivity contribution is 0.381. The van der Waals surface area contributed by atoms with E-state index in [-0.39, 0.29) is 0 Å². The van der Waals surface area contributed by atoms with Crippen LogP contribution in [0.4, 0.5) is 4.39 Å². The molecule has 0 aromatic heterocycles. The minimum Gasteiger partial charge on any atom is -0.330 e. The first kappa shape index (κ1) is 8.63. The van der Waals surface area contributed by atoms with E-state index >= 15 is 0 Å². The Balaban J connectivity index is 3.49. The smallest absolute Gasteiger partial charge is 0.120 e. The molecule has 0 aliphatic heterocycles. The van der Waals surface area contributed by atoms with Gasteiger partial charge in [0.15, 0.2) is 0 Å². The lowest BCUT2D eigenvalue weighted by Crippen LogP contribution is -2.06. The van der Waals surface area contributed by atoms with Crippen LogP contribution in [0, 0.1) is 0 Å². The molecular weight excluding hydrogens is 117 g/mol. The van der Waals surface area contributed by atoms with E-state index in [0.717, 1.165) is 5.57 Å². The van der Waals surface area contributed by atoms with Gasteiger partial charge in [0.2, 0.25) is 0 Å². The Morgan fingerprint density at radius 2 is 2.22 bits per heavy atom. The standard InChI is InChI=1S/C7H14FN/c1-6(2)5-7(8)3-4-9/h5,7H,3-4,9H2,1-2H3. The molecule has 0 aromatic rings. The summed E-state index contributed by atoms with van der Waals surface area (Å²) in [5, 5.41) is 0. The van der Waals surface area contributed by atoms with Crippen molar-refractivity contribution in [2.45, 2.75) is 26.4 Å². The number of halogens is 1. The highest BCUT2D eigenvalue weighted by atomic mass is 19.1. The van der Waals surface area contributed by atoms with Crippen molar-refractivity contribution in [3.05, 3.63) is 11.6 Å². The Hall–Kier alpha value is -0.370. The van der Waals surface area contributed by atoms with Gasteiger partial charge in [-0.25, -0.2) is 4.39 Å². The molecule has 0 rings (SSSR count). The van der Waals surface area contributed by atoms with Crippen molar-refractivity contribution in [2.75, 3.05) is 6.54 Å². The van der Waals surface area contributed by atoms with E-state index in [1.807, 2.05) is 13.8 Å². The van der Waals surface area contributed by atoms with E-state index in [2.05, 4.69) is 0 Å². The van der Waals surface area contributed by atoms with Gasteiger partial charge in [0.1, 0.15) is 6.17 Å². The molecule has 2 N–H and O–H groups in total. The zero-order valence-corrected chi connectivity index (χ0v) is 6.02. The summed E-state index contributed by atoms with van der Waals surface area (Å²) in [6.07, 6.45) is 1.18. The van der Waals surface area contributed by atoms with E-state index in [1.165, 1.54) is 0 Å². The van der Waals surface area contributed by atoms with E-state index in [4.69, 9.17) is 5.73 Å². The number of hydrogen-bond donors (Lipinski definition) is 1. The Labute approximate surface area is 55.7 Å². The van der Waals surface area contributed by atoms with Gasteiger partial charge in [-0.15, -0.1) is 0 Å². The number of hydrogen-bond acceptors (Lipinski definition) is 1. The lowest BCUT2D eigenvalue weighted by Gasteiger charge is -1.98. The van der Waals surface area contributed by atoms with Gasteiger partial charge in [-0.2, -0.15) is 0 Å². The molecule has 0 spiro atoms. The maximum absolute atomic E-state index is 12.5. The van der Waals surface area contributed by atoms with E-state index in [0.29, 0.717) is 13.0 Å². The van der Waals surface area contributed by atoms with Crippen molar-refractivity contribution < 1.29 is 4.39 Å². The van der Waals surface area contributed by atoms with Gasteiger partial charge in [-0.05, 0) is 26.8 Å². The van der Waals surface area contributed by atoms with Gasteiger partial charge in [-0.1, -0.05) is 11.6 Å². The summed E-state index contributed by atoms with van der Waals surface area (Å²) < 4.78 is 12.5. The maximum Gasteiger partial charge on any atom is 0.120 e. The van der Waals surface area contributed by atoms with Crippen LogP contribution in [0.15, 0.2) is 11.6 Å². The van der Waals surface area contributed by atoms with Crippen LogP contribution in [0.25, 0.3) is 0 Å². The highest BCUT2D eigenvalue weighted by Gasteiger charge is 1.97. The van der Waals surface area contributed by atoms with Crippen molar-refractivity contribution >= 4 is 0 Å². The number of alkyl halides is 1. The van der Waals surface area contributed by atoms with Crippen molar-refractivity contribution in [1.82, 2.24) is 0 Å². The van der Waals surface area contributed by atoms with Gasteiger partial charge in [-0.3, -0.25) is 0 Å². The SMILES string of the molecule is CC(C)=CC(F)CCN. The molecule has 0 saturated carbocycles. The minimum atomic E-state index is -0.847. The van der Waals surface area contributed by atoms with Crippen molar-refractivity contribution in [3.8, 4) is 0 Å². The summed E-state index contributed by atoms with van der Waals surface area (Å²) in [7, 11) is 0. The molecule has 0 heterocycles. The summed E-state index contributed by atoms with van der Waals surface area (Å²) in [5.74, 6) is 0. The fraction of sp³-hybridized carbons (Fsp3) is 0.714. The summed E-state index contributed by atoms with van der Waals surface area (Å²) >= 11 is 0. The summed E-state index contributed by atoms with van der Waals surface area (Å²) in [4.78, 5) is 0. The minimum absolute atomic E-state index is 0.422. The van der Waals surface area contributed by atoms with Crippen LogP contribution in [0.3, 0.4) is 0 Å². The topological polar surface area (TPSA) is 26.0 Å². The summed E-state index contributed by atoms with van der Waals surface area (Å²) in [6.45, 7) is 4.18. The number of rotatable bonds is 3. The molecule has 1 atom stereocenters. The van der Waals surface area contributed by atoms with Gasteiger partial charge in [0.25, 0.3) is 0 Å². The fourth-order valence-electron chi connectivity index (χ4n) is 0.604. The highest BCUT2D eigenvalue weighted by Crippen LogP contribution is 2.01. The van der Waals surface area contributed by atoms with Crippen LogP contribution in [-0.4, -0.2) is 12.7 Å². The molecule has 0 saturated heterocycles. The Morgan fingerprint density at radius 1 is 1.67 bits per heavy atom. The second kappa shape index (κ2) is 4.50. The summed E-state index contributed by atoms with van der Waals surface area (Å²) in [5.41, 5.74) is 6.15. The second-order valence-corrected chi connectivity index (χ2v) is 2.34. The maximum atomic E-state index is 12.5.